The van der Waals surface area contributed by atoms with Gasteiger partial charge in [-0.2, -0.15) is 4.31 Å². The first-order chi connectivity index (χ1) is 13.8. The Morgan fingerprint density at radius 2 is 1.55 bits per heavy atom. The van der Waals surface area contributed by atoms with Gasteiger partial charge in [0, 0.05) is 13.1 Å². The molecule has 0 saturated heterocycles. The van der Waals surface area contributed by atoms with Crippen molar-refractivity contribution >= 4 is 15.9 Å². The third kappa shape index (κ3) is 5.95. The largest absolute Gasteiger partial charge is 0.497 e. The predicted molar refractivity (Wildman–Crippen MR) is 112 cm³/mol. The second-order valence-corrected chi connectivity index (χ2v) is 8.35. The van der Waals surface area contributed by atoms with E-state index in [4.69, 9.17) is 9.47 Å². The van der Waals surface area contributed by atoms with Crippen LogP contribution in [0, 0.1) is 0 Å². The van der Waals surface area contributed by atoms with Crippen molar-refractivity contribution in [3.63, 3.8) is 0 Å². The van der Waals surface area contributed by atoms with E-state index < -0.39 is 10.0 Å². The number of carbonyl (C=O) groups is 1. The number of nitrogens with zero attached hydrogens (tertiary/aromatic N) is 1. The van der Waals surface area contributed by atoms with E-state index in [0.717, 1.165) is 11.3 Å². The predicted octanol–water partition coefficient (Wildman–Crippen LogP) is 2.98. The molecule has 0 fully saturated rings. The van der Waals surface area contributed by atoms with Crippen LogP contribution in [-0.4, -0.2) is 45.4 Å². The second-order valence-electron chi connectivity index (χ2n) is 6.41. The highest BCUT2D eigenvalue weighted by Gasteiger charge is 2.21. The van der Waals surface area contributed by atoms with Crippen LogP contribution < -0.4 is 14.8 Å². The Hall–Kier alpha value is -2.58. The fourth-order valence-electron chi connectivity index (χ4n) is 2.83. The van der Waals surface area contributed by atoms with Crippen LogP contribution in [0.4, 0.5) is 0 Å². The molecule has 1 atom stereocenters. The average molecular weight is 421 g/mol. The lowest BCUT2D eigenvalue weighted by Crippen LogP contribution is -2.31. The molecule has 2 aromatic carbocycles. The number of nitrogens with one attached hydrogen (secondary N) is 1. The molecule has 2 rings (SSSR count). The van der Waals surface area contributed by atoms with Crippen molar-refractivity contribution in [3.8, 4) is 11.5 Å². The molecule has 158 valence electrons. The van der Waals surface area contributed by atoms with Crippen LogP contribution in [0.3, 0.4) is 0 Å². The number of hydrogen-bond acceptors (Lipinski definition) is 5. The van der Waals surface area contributed by atoms with E-state index in [9.17, 15) is 13.2 Å². The fraction of sp³-hybridized carbons (Fsp3) is 0.381. The Bertz CT molecular complexity index is 892. The molecule has 0 bridgehead atoms. The van der Waals surface area contributed by atoms with E-state index in [1.54, 1.807) is 33.1 Å². The van der Waals surface area contributed by atoms with Gasteiger partial charge in [-0.1, -0.05) is 26.0 Å². The summed E-state index contributed by atoms with van der Waals surface area (Å²) in [7, 11) is -1.91. The van der Waals surface area contributed by atoms with E-state index in [1.165, 1.54) is 16.4 Å². The molecular weight excluding hydrogens is 392 g/mol. The number of rotatable bonds is 10. The lowest BCUT2D eigenvalue weighted by Gasteiger charge is -2.18. The van der Waals surface area contributed by atoms with Crippen LogP contribution in [0.1, 0.15) is 32.4 Å². The molecule has 0 heterocycles. The number of sulfonamides is 1. The Morgan fingerprint density at radius 1 is 1.00 bits per heavy atom. The Labute approximate surface area is 172 Å². The van der Waals surface area contributed by atoms with Gasteiger partial charge in [0.15, 0.2) is 6.61 Å². The molecule has 0 aromatic heterocycles. The van der Waals surface area contributed by atoms with Gasteiger partial charge in [0.2, 0.25) is 10.0 Å². The van der Waals surface area contributed by atoms with Crippen molar-refractivity contribution in [1.29, 1.82) is 0 Å². The molecule has 29 heavy (non-hydrogen) atoms. The highest BCUT2D eigenvalue weighted by molar-refractivity contribution is 7.89. The van der Waals surface area contributed by atoms with Gasteiger partial charge in [-0.15, -0.1) is 0 Å². The standard InChI is InChI=1S/C21H28N2O5S/c1-5-23(6-2)29(25,26)20-13-11-19(12-14-20)28-15-21(24)22-16(3)17-7-9-18(27-4)10-8-17/h7-14,16H,5-6,15H2,1-4H3,(H,22,24)/t16-/m1/s1. The molecule has 2 aromatic rings. The molecular formula is C21H28N2O5S. The number of carbonyl (C=O) groups excluding carboxylic acids is 1. The topological polar surface area (TPSA) is 84.9 Å². The first kappa shape index (κ1) is 22.7. The first-order valence-electron chi connectivity index (χ1n) is 9.48. The Morgan fingerprint density at radius 3 is 2.07 bits per heavy atom. The summed E-state index contributed by atoms with van der Waals surface area (Å²) in [6.45, 7) is 6.12. The number of ether oxygens (including phenoxy) is 2. The van der Waals surface area contributed by atoms with Crippen LogP contribution in [0.15, 0.2) is 53.4 Å². The van der Waals surface area contributed by atoms with Gasteiger partial charge in [-0.25, -0.2) is 8.42 Å². The SMILES string of the molecule is CCN(CC)S(=O)(=O)c1ccc(OCC(=O)N[C@H](C)c2ccc(OC)cc2)cc1. The molecule has 8 heteroatoms. The molecule has 7 nitrogen and oxygen atoms in total. The molecule has 0 unspecified atom stereocenters. The van der Waals surface area contributed by atoms with Crippen molar-refractivity contribution < 1.29 is 22.7 Å². The highest BCUT2D eigenvalue weighted by Crippen LogP contribution is 2.20. The summed E-state index contributed by atoms with van der Waals surface area (Å²) < 4.78 is 37.0. The Kier molecular flexibility index (Phi) is 8.04. The maximum Gasteiger partial charge on any atom is 0.258 e. The maximum atomic E-state index is 12.5. The van der Waals surface area contributed by atoms with Crippen LogP contribution in [0.5, 0.6) is 11.5 Å². The minimum Gasteiger partial charge on any atom is -0.497 e. The van der Waals surface area contributed by atoms with Crippen LogP contribution in [0.2, 0.25) is 0 Å². The monoisotopic (exact) mass is 420 g/mol. The first-order valence-corrected chi connectivity index (χ1v) is 10.9. The zero-order chi connectivity index (χ0) is 21.4. The molecule has 1 amide bonds. The van der Waals surface area contributed by atoms with Crippen LogP contribution in [-0.2, 0) is 14.8 Å². The van der Waals surface area contributed by atoms with E-state index in [1.807, 2.05) is 31.2 Å². The zero-order valence-electron chi connectivity index (χ0n) is 17.2. The minimum absolute atomic E-state index is 0.164. The normalized spacial score (nSPS) is 12.4. The molecule has 0 saturated carbocycles. The van der Waals surface area contributed by atoms with E-state index in [-0.39, 0.29) is 23.5 Å². The fourth-order valence-corrected chi connectivity index (χ4v) is 4.29. The summed E-state index contributed by atoms with van der Waals surface area (Å²) in [5.74, 6) is 0.908. The van der Waals surface area contributed by atoms with Crippen molar-refractivity contribution in [2.24, 2.45) is 0 Å². The van der Waals surface area contributed by atoms with Crippen molar-refractivity contribution in [2.75, 3.05) is 26.8 Å². The van der Waals surface area contributed by atoms with Gasteiger partial charge in [-0.3, -0.25) is 4.79 Å². The summed E-state index contributed by atoms with van der Waals surface area (Å²) in [4.78, 5) is 12.4. The van der Waals surface area contributed by atoms with Crippen LogP contribution in [0.25, 0.3) is 0 Å². The minimum atomic E-state index is -3.51. The van der Waals surface area contributed by atoms with Gasteiger partial charge in [0.1, 0.15) is 11.5 Å². The number of hydrogen-bond donors (Lipinski definition) is 1. The summed E-state index contributed by atoms with van der Waals surface area (Å²) in [5.41, 5.74) is 0.949. The third-order valence-corrected chi connectivity index (χ3v) is 6.59. The summed E-state index contributed by atoms with van der Waals surface area (Å²) >= 11 is 0. The van der Waals surface area contributed by atoms with E-state index in [2.05, 4.69) is 5.32 Å². The summed E-state index contributed by atoms with van der Waals surface area (Å²) in [6.07, 6.45) is 0. The number of methoxy groups -OCH3 is 1. The Balaban J connectivity index is 1.91. The molecule has 0 radical (unpaired) electrons. The van der Waals surface area contributed by atoms with Gasteiger partial charge in [-0.05, 0) is 48.9 Å². The number of amides is 1. The van der Waals surface area contributed by atoms with Gasteiger partial charge in [0.05, 0.1) is 18.0 Å². The van der Waals surface area contributed by atoms with Gasteiger partial charge < -0.3 is 14.8 Å². The quantitative estimate of drug-likeness (QED) is 0.639. The number of benzene rings is 2. The van der Waals surface area contributed by atoms with Gasteiger partial charge in [0.25, 0.3) is 5.91 Å². The lowest BCUT2D eigenvalue weighted by molar-refractivity contribution is -0.123. The van der Waals surface area contributed by atoms with Crippen LogP contribution >= 0.6 is 0 Å². The highest BCUT2D eigenvalue weighted by atomic mass is 32.2. The van der Waals surface area contributed by atoms with E-state index in [0.29, 0.717) is 18.8 Å². The van der Waals surface area contributed by atoms with Crippen molar-refractivity contribution in [3.05, 3.63) is 54.1 Å². The maximum absolute atomic E-state index is 12.5. The summed E-state index contributed by atoms with van der Waals surface area (Å²) in [5, 5.41) is 2.86. The second kappa shape index (κ2) is 10.3. The molecule has 0 aliphatic rings. The smallest absolute Gasteiger partial charge is 0.258 e. The molecule has 0 aliphatic carbocycles. The molecule has 0 aliphatic heterocycles. The third-order valence-electron chi connectivity index (χ3n) is 4.53. The van der Waals surface area contributed by atoms with Crippen molar-refractivity contribution in [1.82, 2.24) is 9.62 Å². The van der Waals surface area contributed by atoms with Crippen molar-refractivity contribution in [2.45, 2.75) is 31.7 Å². The average Bonchev–Trinajstić information content (AvgIpc) is 2.73. The lowest BCUT2D eigenvalue weighted by atomic mass is 10.1. The van der Waals surface area contributed by atoms with Gasteiger partial charge >= 0.3 is 0 Å². The molecule has 1 N–H and O–H groups in total. The zero-order valence-corrected chi connectivity index (χ0v) is 18.0. The summed E-state index contributed by atoms with van der Waals surface area (Å²) in [6, 6.07) is 13.3. The van der Waals surface area contributed by atoms with E-state index >= 15 is 0 Å². The molecule has 0 spiro atoms.